The molecular formula is C11H13ClFNO3S. The Balaban J connectivity index is 2.15. The van der Waals surface area contributed by atoms with Crippen molar-refractivity contribution in [1.82, 2.24) is 4.31 Å². The minimum atomic E-state index is -3.48. The lowest BCUT2D eigenvalue weighted by Gasteiger charge is -2.15. The summed E-state index contributed by atoms with van der Waals surface area (Å²) in [7, 11) is -3.48. The van der Waals surface area contributed by atoms with E-state index in [0.717, 1.165) is 6.07 Å². The second-order valence-electron chi connectivity index (χ2n) is 4.31. The van der Waals surface area contributed by atoms with Crippen LogP contribution in [0.1, 0.15) is 12.0 Å². The van der Waals surface area contributed by atoms with Crippen molar-refractivity contribution in [2.75, 3.05) is 13.1 Å². The van der Waals surface area contributed by atoms with Gasteiger partial charge >= 0.3 is 0 Å². The van der Waals surface area contributed by atoms with Crippen molar-refractivity contribution < 1.29 is 17.9 Å². The van der Waals surface area contributed by atoms with Crippen LogP contribution in [-0.2, 0) is 15.8 Å². The molecule has 1 N–H and O–H groups in total. The Kier molecular flexibility index (Phi) is 3.91. The van der Waals surface area contributed by atoms with Crippen molar-refractivity contribution in [3.05, 3.63) is 34.6 Å². The summed E-state index contributed by atoms with van der Waals surface area (Å²) in [6.07, 6.45) is -0.153. The van der Waals surface area contributed by atoms with E-state index in [0.29, 0.717) is 18.5 Å². The van der Waals surface area contributed by atoms with Gasteiger partial charge in [-0.1, -0.05) is 17.7 Å². The summed E-state index contributed by atoms with van der Waals surface area (Å²) < 4.78 is 38.2. The van der Waals surface area contributed by atoms with Crippen LogP contribution in [0.5, 0.6) is 0 Å². The van der Waals surface area contributed by atoms with Gasteiger partial charge in [0.15, 0.2) is 0 Å². The number of hydrogen-bond acceptors (Lipinski definition) is 3. The summed E-state index contributed by atoms with van der Waals surface area (Å²) in [4.78, 5) is 0. The predicted molar refractivity (Wildman–Crippen MR) is 66.2 cm³/mol. The summed E-state index contributed by atoms with van der Waals surface area (Å²) in [5, 5.41) is 9.24. The van der Waals surface area contributed by atoms with Gasteiger partial charge in [0.05, 0.1) is 16.9 Å². The van der Waals surface area contributed by atoms with Crippen molar-refractivity contribution >= 4 is 21.6 Å². The molecule has 0 spiro atoms. The van der Waals surface area contributed by atoms with Crippen molar-refractivity contribution in [1.29, 1.82) is 0 Å². The van der Waals surface area contributed by atoms with Crippen LogP contribution < -0.4 is 0 Å². The number of aliphatic hydroxyl groups excluding tert-OH is 1. The fourth-order valence-electron chi connectivity index (χ4n) is 1.89. The fourth-order valence-corrected chi connectivity index (χ4v) is 3.66. The molecule has 1 aromatic carbocycles. The third-order valence-corrected chi connectivity index (χ3v) is 4.96. The summed E-state index contributed by atoms with van der Waals surface area (Å²) in [5.41, 5.74) is 0.433. The lowest BCUT2D eigenvalue weighted by molar-refractivity contribution is 0.189. The zero-order valence-electron chi connectivity index (χ0n) is 9.51. The summed E-state index contributed by atoms with van der Waals surface area (Å²) >= 11 is 5.60. The Bertz CT molecular complexity index is 549. The van der Waals surface area contributed by atoms with Gasteiger partial charge in [-0.05, 0) is 24.1 Å². The molecule has 0 radical (unpaired) electrons. The largest absolute Gasteiger partial charge is 0.392 e. The molecule has 0 saturated carbocycles. The lowest BCUT2D eigenvalue weighted by Crippen LogP contribution is -2.30. The average Bonchev–Trinajstić information content (AvgIpc) is 2.71. The Morgan fingerprint density at radius 3 is 2.78 bits per heavy atom. The normalized spacial score (nSPS) is 21.4. The minimum absolute atomic E-state index is 0.0934. The molecule has 100 valence electrons. The first-order chi connectivity index (χ1) is 8.38. The van der Waals surface area contributed by atoms with Gasteiger partial charge < -0.3 is 5.11 Å². The molecule has 1 saturated heterocycles. The number of sulfonamides is 1. The molecule has 1 atom stereocenters. The van der Waals surface area contributed by atoms with Gasteiger partial charge in [0, 0.05) is 13.1 Å². The zero-order valence-corrected chi connectivity index (χ0v) is 11.1. The minimum Gasteiger partial charge on any atom is -0.392 e. The van der Waals surface area contributed by atoms with Crippen LogP contribution >= 0.6 is 11.6 Å². The number of aliphatic hydroxyl groups is 1. The van der Waals surface area contributed by atoms with E-state index < -0.39 is 21.9 Å². The van der Waals surface area contributed by atoms with Crippen LogP contribution in [0.4, 0.5) is 4.39 Å². The van der Waals surface area contributed by atoms with Crippen molar-refractivity contribution in [2.45, 2.75) is 18.3 Å². The average molecular weight is 294 g/mol. The number of hydrogen-bond donors (Lipinski definition) is 1. The molecule has 0 amide bonds. The molecule has 0 bridgehead atoms. The van der Waals surface area contributed by atoms with Crippen LogP contribution in [0.2, 0.25) is 5.02 Å². The Morgan fingerprint density at radius 1 is 1.50 bits per heavy atom. The SMILES string of the molecule is O=S(=O)(Cc1ccc(F)c(Cl)c1)N1CC[C@H](O)C1. The van der Waals surface area contributed by atoms with Gasteiger partial charge in [-0.15, -0.1) is 0 Å². The van der Waals surface area contributed by atoms with E-state index in [2.05, 4.69) is 0 Å². The third-order valence-electron chi connectivity index (χ3n) is 2.85. The second kappa shape index (κ2) is 5.13. The molecule has 0 aromatic heterocycles. The topological polar surface area (TPSA) is 57.6 Å². The van der Waals surface area contributed by atoms with Gasteiger partial charge in [0.2, 0.25) is 10.0 Å². The van der Waals surface area contributed by atoms with E-state index in [1.807, 2.05) is 0 Å². The predicted octanol–water partition coefficient (Wildman–Crippen LogP) is 1.38. The first-order valence-corrected chi connectivity index (χ1v) is 7.47. The monoisotopic (exact) mass is 293 g/mol. The standard InChI is InChI=1S/C11H13ClFNO3S/c12-10-5-8(1-2-11(10)13)7-18(16,17)14-4-3-9(15)6-14/h1-2,5,9,15H,3-4,6-7H2/t9-/m0/s1. The molecule has 1 aliphatic heterocycles. The molecule has 7 heteroatoms. The Hall–Kier alpha value is -0.690. The van der Waals surface area contributed by atoms with Crippen LogP contribution in [0.25, 0.3) is 0 Å². The van der Waals surface area contributed by atoms with Crippen LogP contribution in [-0.4, -0.2) is 37.0 Å². The molecule has 1 aromatic rings. The smallest absolute Gasteiger partial charge is 0.218 e. The fraction of sp³-hybridized carbons (Fsp3) is 0.455. The van der Waals surface area contributed by atoms with E-state index in [4.69, 9.17) is 11.6 Å². The highest BCUT2D eigenvalue weighted by molar-refractivity contribution is 7.88. The van der Waals surface area contributed by atoms with Gasteiger partial charge in [-0.2, -0.15) is 4.31 Å². The highest BCUT2D eigenvalue weighted by Gasteiger charge is 2.30. The molecule has 1 heterocycles. The molecule has 18 heavy (non-hydrogen) atoms. The van der Waals surface area contributed by atoms with Crippen molar-refractivity contribution in [2.24, 2.45) is 0 Å². The maximum Gasteiger partial charge on any atom is 0.218 e. The Morgan fingerprint density at radius 2 is 2.22 bits per heavy atom. The third kappa shape index (κ3) is 3.00. The van der Waals surface area contributed by atoms with Gasteiger partial charge in [-0.3, -0.25) is 0 Å². The molecule has 4 nitrogen and oxygen atoms in total. The van der Waals surface area contributed by atoms with Crippen LogP contribution in [0, 0.1) is 5.82 Å². The number of rotatable bonds is 3. The summed E-state index contributed by atoms with van der Waals surface area (Å²) in [6.45, 7) is 0.440. The molecule has 1 aliphatic rings. The maximum atomic E-state index is 13.0. The molecule has 2 rings (SSSR count). The number of nitrogens with zero attached hydrogens (tertiary/aromatic N) is 1. The van der Waals surface area contributed by atoms with Crippen molar-refractivity contribution in [3.8, 4) is 0 Å². The van der Waals surface area contributed by atoms with Gasteiger partial charge in [0.1, 0.15) is 5.82 Å². The second-order valence-corrected chi connectivity index (χ2v) is 6.68. The molecule has 0 aliphatic carbocycles. The van der Waals surface area contributed by atoms with E-state index >= 15 is 0 Å². The van der Waals surface area contributed by atoms with E-state index in [9.17, 15) is 17.9 Å². The van der Waals surface area contributed by atoms with Gasteiger partial charge in [-0.25, -0.2) is 12.8 Å². The Labute approximate surface area is 110 Å². The van der Waals surface area contributed by atoms with E-state index in [1.54, 1.807) is 0 Å². The van der Waals surface area contributed by atoms with E-state index in [-0.39, 0.29) is 17.3 Å². The van der Waals surface area contributed by atoms with E-state index in [1.165, 1.54) is 16.4 Å². The number of β-amino-alcohol motifs (C(OH)–C–C–N with tert-alkyl or cyclic N) is 1. The van der Waals surface area contributed by atoms with Crippen LogP contribution in [0.15, 0.2) is 18.2 Å². The summed E-state index contributed by atoms with van der Waals surface area (Å²) in [6, 6.07) is 3.85. The molecular weight excluding hydrogens is 281 g/mol. The molecule has 1 fully saturated rings. The first-order valence-electron chi connectivity index (χ1n) is 5.48. The quantitative estimate of drug-likeness (QED) is 0.916. The van der Waals surface area contributed by atoms with Gasteiger partial charge in [0.25, 0.3) is 0 Å². The highest BCUT2D eigenvalue weighted by atomic mass is 35.5. The van der Waals surface area contributed by atoms with Crippen molar-refractivity contribution in [3.63, 3.8) is 0 Å². The number of benzene rings is 1. The lowest BCUT2D eigenvalue weighted by atomic mass is 10.2. The zero-order chi connectivity index (χ0) is 13.3. The first kappa shape index (κ1) is 13.7. The highest BCUT2D eigenvalue weighted by Crippen LogP contribution is 2.21. The van der Waals surface area contributed by atoms with Crippen LogP contribution in [0.3, 0.4) is 0 Å². The maximum absolute atomic E-state index is 13.0. The number of halogens is 2. The summed E-state index contributed by atoms with van der Waals surface area (Å²) in [5.74, 6) is -0.811. The molecule has 0 unspecified atom stereocenters.